The van der Waals surface area contributed by atoms with Crippen LogP contribution in [0.4, 0.5) is 10.5 Å². The highest BCUT2D eigenvalue weighted by molar-refractivity contribution is 5.86. The number of ether oxygens (including phenoxy) is 1. The van der Waals surface area contributed by atoms with E-state index >= 15 is 0 Å². The Bertz CT molecular complexity index is 845. The topological polar surface area (TPSA) is 74.3 Å². The standard InChI is InChI=1S/C20H27N5O2/c1-12(2)11-27-20(26)25-14-5-6-15(25)10-24(9-14)16-7-8-21-19-17(16)22-18(23-19)13-3-4-13/h7-8,12-15H,3-6,9-11H2,1-2H3,(H,21,22,23). The van der Waals surface area contributed by atoms with E-state index in [9.17, 15) is 4.79 Å². The van der Waals surface area contributed by atoms with E-state index in [0.717, 1.165) is 48.6 Å². The second-order valence-electron chi connectivity index (χ2n) is 8.59. The van der Waals surface area contributed by atoms with Crippen LogP contribution in [0, 0.1) is 5.92 Å². The Morgan fingerprint density at radius 1 is 1.26 bits per heavy atom. The molecule has 2 bridgehead atoms. The molecule has 27 heavy (non-hydrogen) atoms. The zero-order chi connectivity index (χ0) is 18.5. The normalized spacial score (nSPS) is 24.9. The second-order valence-corrected chi connectivity index (χ2v) is 8.59. The molecule has 0 aromatic carbocycles. The molecule has 1 amide bonds. The Morgan fingerprint density at radius 2 is 2.00 bits per heavy atom. The largest absolute Gasteiger partial charge is 0.449 e. The molecule has 2 aromatic heterocycles. The lowest BCUT2D eigenvalue weighted by molar-refractivity contribution is 0.0704. The SMILES string of the molecule is CC(C)COC(=O)N1C2CCC1CN(c1ccnc3nc(C4CC4)[nH]c13)C2. The van der Waals surface area contributed by atoms with Crippen molar-refractivity contribution in [3.05, 3.63) is 18.1 Å². The highest BCUT2D eigenvalue weighted by Gasteiger charge is 2.44. The van der Waals surface area contributed by atoms with Gasteiger partial charge in [-0.2, -0.15) is 0 Å². The number of aromatic nitrogens is 3. The van der Waals surface area contributed by atoms with Crippen LogP contribution >= 0.6 is 0 Å². The maximum atomic E-state index is 12.6. The third-order valence-electron chi connectivity index (χ3n) is 5.93. The average molecular weight is 369 g/mol. The third-order valence-corrected chi connectivity index (χ3v) is 5.93. The Balaban J connectivity index is 1.37. The molecule has 2 saturated heterocycles. The van der Waals surface area contributed by atoms with Crippen LogP contribution in [0.5, 0.6) is 0 Å². The van der Waals surface area contributed by atoms with Gasteiger partial charge in [-0.25, -0.2) is 14.8 Å². The van der Waals surface area contributed by atoms with Gasteiger partial charge in [0, 0.05) is 25.2 Å². The van der Waals surface area contributed by atoms with Gasteiger partial charge in [0.05, 0.1) is 24.4 Å². The van der Waals surface area contributed by atoms with Gasteiger partial charge < -0.3 is 14.6 Å². The predicted octanol–water partition coefficient (Wildman–Crippen LogP) is 3.28. The minimum Gasteiger partial charge on any atom is -0.449 e. The van der Waals surface area contributed by atoms with E-state index in [-0.39, 0.29) is 18.2 Å². The minimum atomic E-state index is -0.145. The lowest BCUT2D eigenvalue weighted by Gasteiger charge is -2.41. The van der Waals surface area contributed by atoms with Gasteiger partial charge in [0.2, 0.25) is 0 Å². The van der Waals surface area contributed by atoms with Crippen LogP contribution in [0.2, 0.25) is 0 Å². The summed E-state index contributed by atoms with van der Waals surface area (Å²) >= 11 is 0. The van der Waals surface area contributed by atoms with Crippen LogP contribution in [-0.4, -0.2) is 57.7 Å². The van der Waals surface area contributed by atoms with Crippen LogP contribution in [0.1, 0.15) is 51.3 Å². The van der Waals surface area contributed by atoms with Crippen molar-refractivity contribution in [1.82, 2.24) is 19.9 Å². The van der Waals surface area contributed by atoms with Crippen molar-refractivity contribution in [2.24, 2.45) is 5.92 Å². The fraction of sp³-hybridized carbons (Fsp3) is 0.650. The summed E-state index contributed by atoms with van der Waals surface area (Å²) in [4.78, 5) is 29.6. The molecule has 2 aromatic rings. The van der Waals surface area contributed by atoms with Crippen LogP contribution < -0.4 is 4.90 Å². The summed E-state index contributed by atoms with van der Waals surface area (Å²) in [6, 6.07) is 2.51. The van der Waals surface area contributed by atoms with Crippen molar-refractivity contribution >= 4 is 22.9 Å². The molecule has 2 aliphatic heterocycles. The van der Waals surface area contributed by atoms with E-state index in [1.54, 1.807) is 0 Å². The molecular weight excluding hydrogens is 342 g/mol. The predicted molar refractivity (Wildman–Crippen MR) is 103 cm³/mol. The Morgan fingerprint density at radius 3 is 2.67 bits per heavy atom. The third kappa shape index (κ3) is 3.03. The first kappa shape index (κ1) is 16.8. The molecule has 1 aliphatic carbocycles. The number of imidazole rings is 1. The van der Waals surface area contributed by atoms with Crippen molar-refractivity contribution in [2.45, 2.75) is 57.5 Å². The Kier molecular flexibility index (Phi) is 3.98. The van der Waals surface area contributed by atoms with Gasteiger partial charge in [0.15, 0.2) is 5.65 Å². The van der Waals surface area contributed by atoms with E-state index in [2.05, 4.69) is 34.8 Å². The molecule has 0 radical (unpaired) electrons. The van der Waals surface area contributed by atoms with E-state index in [1.165, 1.54) is 12.8 Å². The fourth-order valence-corrected chi connectivity index (χ4v) is 4.44. The molecule has 1 N–H and O–H groups in total. The molecule has 4 heterocycles. The van der Waals surface area contributed by atoms with Crippen molar-refractivity contribution in [2.75, 3.05) is 24.6 Å². The van der Waals surface area contributed by atoms with Crippen molar-refractivity contribution in [1.29, 1.82) is 0 Å². The molecule has 0 spiro atoms. The van der Waals surface area contributed by atoms with E-state index < -0.39 is 0 Å². The van der Waals surface area contributed by atoms with E-state index in [1.807, 2.05) is 11.1 Å². The molecular formula is C20H27N5O2. The number of aromatic amines is 1. The van der Waals surface area contributed by atoms with Crippen molar-refractivity contribution in [3.63, 3.8) is 0 Å². The number of rotatable bonds is 4. The highest BCUT2D eigenvalue weighted by Crippen LogP contribution is 2.40. The second kappa shape index (κ2) is 6.39. The maximum absolute atomic E-state index is 12.6. The summed E-state index contributed by atoms with van der Waals surface area (Å²) in [5.41, 5.74) is 3.00. The number of hydrogen-bond acceptors (Lipinski definition) is 5. The zero-order valence-electron chi connectivity index (χ0n) is 16.0. The fourth-order valence-electron chi connectivity index (χ4n) is 4.44. The van der Waals surface area contributed by atoms with Gasteiger partial charge >= 0.3 is 6.09 Å². The zero-order valence-corrected chi connectivity index (χ0v) is 16.0. The van der Waals surface area contributed by atoms with Crippen LogP contribution in [-0.2, 0) is 4.74 Å². The maximum Gasteiger partial charge on any atom is 0.410 e. The van der Waals surface area contributed by atoms with Gasteiger partial charge in [0.25, 0.3) is 0 Å². The van der Waals surface area contributed by atoms with E-state index in [4.69, 9.17) is 9.72 Å². The van der Waals surface area contributed by atoms with Crippen molar-refractivity contribution in [3.8, 4) is 0 Å². The number of anilines is 1. The number of nitrogens with zero attached hydrogens (tertiary/aromatic N) is 4. The van der Waals surface area contributed by atoms with Crippen LogP contribution in [0.3, 0.4) is 0 Å². The number of piperazine rings is 1. The minimum absolute atomic E-state index is 0.145. The lowest BCUT2D eigenvalue weighted by Crippen LogP contribution is -2.56. The number of hydrogen-bond donors (Lipinski definition) is 1. The highest BCUT2D eigenvalue weighted by atomic mass is 16.6. The van der Waals surface area contributed by atoms with Crippen LogP contribution in [0.15, 0.2) is 12.3 Å². The number of fused-ring (bicyclic) bond motifs is 3. The summed E-state index contributed by atoms with van der Waals surface area (Å²) in [6.45, 7) is 6.29. The lowest BCUT2D eigenvalue weighted by atomic mass is 10.1. The number of nitrogens with one attached hydrogen (secondary N) is 1. The van der Waals surface area contributed by atoms with E-state index in [0.29, 0.717) is 18.4 Å². The van der Waals surface area contributed by atoms with Gasteiger partial charge in [0.1, 0.15) is 11.3 Å². The first-order valence-electron chi connectivity index (χ1n) is 10.1. The van der Waals surface area contributed by atoms with Gasteiger partial charge in [-0.05, 0) is 37.7 Å². The molecule has 2 atom stereocenters. The Labute approximate surface area is 159 Å². The number of carbonyl (C=O) groups is 1. The molecule has 2 unspecified atom stereocenters. The average Bonchev–Trinajstić information content (AvgIpc) is 3.36. The molecule has 144 valence electrons. The van der Waals surface area contributed by atoms with Crippen LogP contribution in [0.25, 0.3) is 11.2 Å². The summed E-state index contributed by atoms with van der Waals surface area (Å²) in [5, 5.41) is 0. The first-order valence-corrected chi connectivity index (χ1v) is 10.1. The van der Waals surface area contributed by atoms with Gasteiger partial charge in [-0.3, -0.25) is 4.90 Å². The smallest absolute Gasteiger partial charge is 0.410 e. The molecule has 7 nitrogen and oxygen atoms in total. The van der Waals surface area contributed by atoms with Gasteiger partial charge in [-0.1, -0.05) is 13.8 Å². The molecule has 7 heteroatoms. The number of pyridine rings is 1. The molecule has 3 aliphatic rings. The quantitative estimate of drug-likeness (QED) is 0.895. The number of H-pyrrole nitrogens is 1. The molecule has 5 rings (SSSR count). The summed E-state index contributed by atoms with van der Waals surface area (Å²) in [5.74, 6) is 2.01. The molecule has 3 fully saturated rings. The monoisotopic (exact) mass is 369 g/mol. The number of carbonyl (C=O) groups excluding carboxylic acids is 1. The summed E-state index contributed by atoms with van der Waals surface area (Å²) in [6.07, 6.45) is 6.23. The van der Waals surface area contributed by atoms with Crippen molar-refractivity contribution < 1.29 is 9.53 Å². The summed E-state index contributed by atoms with van der Waals surface area (Å²) < 4.78 is 5.51. The Hall–Kier alpha value is -2.31. The van der Waals surface area contributed by atoms with Gasteiger partial charge in [-0.15, -0.1) is 0 Å². The first-order chi connectivity index (χ1) is 13.1. The number of amides is 1. The molecule has 1 saturated carbocycles. The summed E-state index contributed by atoms with van der Waals surface area (Å²) in [7, 11) is 0.